The lowest BCUT2D eigenvalue weighted by Crippen LogP contribution is -2.44. The number of hydrogen-bond donors (Lipinski definition) is 3. The van der Waals surface area contributed by atoms with Crippen molar-refractivity contribution in [3.8, 4) is 0 Å². The standard InChI is InChI=1S/C17H22N2O4/c1-18-14(20)12-6-5-7-13(10-12)15(21)19-11-17(16(22)23)8-3-2-4-9-17/h5-7,10H,2-4,8-9,11H2,1H3,(H,18,20)(H,19,21)(H,22,23). The lowest BCUT2D eigenvalue weighted by molar-refractivity contribution is -0.150. The van der Waals surface area contributed by atoms with Gasteiger partial charge in [-0.05, 0) is 31.0 Å². The summed E-state index contributed by atoms with van der Waals surface area (Å²) in [6.07, 6.45) is 3.95. The molecule has 1 aromatic carbocycles. The zero-order valence-corrected chi connectivity index (χ0v) is 13.2. The Bertz CT molecular complexity index is 606. The molecule has 1 aromatic rings. The van der Waals surface area contributed by atoms with Crippen LogP contribution >= 0.6 is 0 Å². The molecule has 0 radical (unpaired) electrons. The van der Waals surface area contributed by atoms with Crippen molar-refractivity contribution in [2.45, 2.75) is 32.1 Å². The monoisotopic (exact) mass is 318 g/mol. The molecule has 0 atom stereocenters. The van der Waals surface area contributed by atoms with Crippen molar-refractivity contribution in [1.82, 2.24) is 10.6 Å². The highest BCUT2D eigenvalue weighted by molar-refractivity contribution is 5.99. The van der Waals surface area contributed by atoms with Gasteiger partial charge < -0.3 is 15.7 Å². The van der Waals surface area contributed by atoms with E-state index in [-0.39, 0.29) is 18.4 Å². The molecule has 0 spiro atoms. The second-order valence-corrected chi connectivity index (χ2v) is 5.99. The first-order valence-electron chi connectivity index (χ1n) is 7.82. The van der Waals surface area contributed by atoms with Crippen LogP contribution in [0.4, 0.5) is 0 Å². The van der Waals surface area contributed by atoms with Crippen molar-refractivity contribution < 1.29 is 19.5 Å². The van der Waals surface area contributed by atoms with Crippen LogP contribution in [-0.4, -0.2) is 36.5 Å². The molecule has 1 saturated carbocycles. The first kappa shape index (κ1) is 17.0. The van der Waals surface area contributed by atoms with E-state index in [0.29, 0.717) is 24.0 Å². The van der Waals surface area contributed by atoms with E-state index in [9.17, 15) is 19.5 Å². The Balaban J connectivity index is 2.06. The van der Waals surface area contributed by atoms with Crippen LogP contribution in [0.5, 0.6) is 0 Å². The van der Waals surface area contributed by atoms with E-state index >= 15 is 0 Å². The van der Waals surface area contributed by atoms with Crippen LogP contribution in [0, 0.1) is 5.41 Å². The molecule has 124 valence electrons. The molecular weight excluding hydrogens is 296 g/mol. The Morgan fingerprint density at radius 1 is 1.09 bits per heavy atom. The summed E-state index contributed by atoms with van der Waals surface area (Å²) >= 11 is 0. The number of carboxylic acids is 1. The van der Waals surface area contributed by atoms with E-state index in [1.54, 1.807) is 18.2 Å². The second kappa shape index (κ2) is 7.26. The molecule has 1 aliphatic carbocycles. The van der Waals surface area contributed by atoms with E-state index < -0.39 is 11.4 Å². The summed E-state index contributed by atoms with van der Waals surface area (Å²) < 4.78 is 0. The quantitative estimate of drug-likeness (QED) is 0.771. The number of nitrogens with one attached hydrogen (secondary N) is 2. The highest BCUT2D eigenvalue weighted by Gasteiger charge is 2.39. The Kier molecular flexibility index (Phi) is 5.36. The summed E-state index contributed by atoms with van der Waals surface area (Å²) in [5.41, 5.74) is -0.125. The first-order valence-corrected chi connectivity index (χ1v) is 7.82. The zero-order valence-electron chi connectivity index (χ0n) is 13.2. The molecule has 0 aliphatic heterocycles. The van der Waals surface area contributed by atoms with Crippen molar-refractivity contribution in [2.75, 3.05) is 13.6 Å². The molecule has 6 heteroatoms. The van der Waals surface area contributed by atoms with Crippen LogP contribution in [0.1, 0.15) is 52.8 Å². The minimum absolute atomic E-state index is 0.116. The van der Waals surface area contributed by atoms with Gasteiger partial charge in [-0.3, -0.25) is 14.4 Å². The van der Waals surface area contributed by atoms with E-state index in [2.05, 4.69) is 10.6 Å². The Labute approximate surface area is 135 Å². The number of hydrogen-bond acceptors (Lipinski definition) is 3. The second-order valence-electron chi connectivity index (χ2n) is 5.99. The van der Waals surface area contributed by atoms with Gasteiger partial charge in [0, 0.05) is 24.7 Å². The molecular formula is C17H22N2O4. The summed E-state index contributed by atoms with van der Waals surface area (Å²) in [5.74, 6) is -1.48. The fourth-order valence-electron chi connectivity index (χ4n) is 2.99. The molecule has 1 aliphatic rings. The summed E-state index contributed by atoms with van der Waals surface area (Å²) in [6.45, 7) is 0.116. The van der Waals surface area contributed by atoms with Crippen molar-refractivity contribution in [2.24, 2.45) is 5.41 Å². The molecule has 2 amide bonds. The maximum absolute atomic E-state index is 12.3. The third-order valence-corrected chi connectivity index (χ3v) is 4.47. The van der Waals surface area contributed by atoms with Crippen LogP contribution in [0.25, 0.3) is 0 Å². The van der Waals surface area contributed by atoms with Crippen molar-refractivity contribution in [1.29, 1.82) is 0 Å². The average molecular weight is 318 g/mol. The van der Waals surface area contributed by atoms with Gasteiger partial charge in [0.2, 0.25) is 0 Å². The summed E-state index contributed by atoms with van der Waals surface area (Å²) in [4.78, 5) is 35.5. The van der Waals surface area contributed by atoms with Gasteiger partial charge in [0.05, 0.1) is 5.41 Å². The molecule has 1 fully saturated rings. The topological polar surface area (TPSA) is 95.5 Å². The van der Waals surface area contributed by atoms with Crippen molar-refractivity contribution in [3.05, 3.63) is 35.4 Å². The Hall–Kier alpha value is -2.37. The minimum atomic E-state index is -0.869. The number of aliphatic carboxylic acids is 1. The van der Waals surface area contributed by atoms with Gasteiger partial charge in [-0.2, -0.15) is 0 Å². The van der Waals surface area contributed by atoms with Gasteiger partial charge in [0.15, 0.2) is 0 Å². The first-order chi connectivity index (χ1) is 11.0. The van der Waals surface area contributed by atoms with E-state index in [0.717, 1.165) is 19.3 Å². The van der Waals surface area contributed by atoms with Crippen LogP contribution in [0.15, 0.2) is 24.3 Å². The Morgan fingerprint density at radius 3 is 2.26 bits per heavy atom. The number of carbonyl (C=O) groups is 3. The summed E-state index contributed by atoms with van der Waals surface area (Å²) in [6, 6.07) is 6.36. The predicted octanol–water partition coefficient (Wildman–Crippen LogP) is 1.81. The van der Waals surface area contributed by atoms with Crippen LogP contribution < -0.4 is 10.6 Å². The van der Waals surface area contributed by atoms with Gasteiger partial charge in [-0.1, -0.05) is 25.3 Å². The summed E-state index contributed by atoms with van der Waals surface area (Å²) in [5, 5.41) is 14.7. The fraction of sp³-hybridized carbons (Fsp3) is 0.471. The number of carbonyl (C=O) groups excluding carboxylic acids is 2. The average Bonchev–Trinajstić information content (AvgIpc) is 2.59. The number of amides is 2. The highest BCUT2D eigenvalue weighted by Crippen LogP contribution is 2.36. The predicted molar refractivity (Wildman–Crippen MR) is 85.3 cm³/mol. The third-order valence-electron chi connectivity index (χ3n) is 4.47. The largest absolute Gasteiger partial charge is 0.481 e. The minimum Gasteiger partial charge on any atom is -0.481 e. The molecule has 6 nitrogen and oxygen atoms in total. The zero-order chi connectivity index (χ0) is 16.9. The molecule has 23 heavy (non-hydrogen) atoms. The van der Waals surface area contributed by atoms with E-state index in [1.807, 2.05) is 0 Å². The van der Waals surface area contributed by atoms with Crippen molar-refractivity contribution in [3.63, 3.8) is 0 Å². The van der Waals surface area contributed by atoms with Gasteiger partial charge in [0.25, 0.3) is 11.8 Å². The van der Waals surface area contributed by atoms with Gasteiger partial charge >= 0.3 is 5.97 Å². The third kappa shape index (κ3) is 3.88. The summed E-state index contributed by atoms with van der Waals surface area (Å²) in [7, 11) is 1.52. The number of benzene rings is 1. The van der Waals surface area contributed by atoms with E-state index in [1.165, 1.54) is 13.1 Å². The highest BCUT2D eigenvalue weighted by atomic mass is 16.4. The molecule has 0 unspecified atom stereocenters. The van der Waals surface area contributed by atoms with Gasteiger partial charge in [-0.15, -0.1) is 0 Å². The van der Waals surface area contributed by atoms with E-state index in [4.69, 9.17) is 0 Å². The maximum atomic E-state index is 12.3. The molecule has 0 heterocycles. The van der Waals surface area contributed by atoms with Crippen LogP contribution in [0.2, 0.25) is 0 Å². The van der Waals surface area contributed by atoms with Gasteiger partial charge in [0.1, 0.15) is 0 Å². The Morgan fingerprint density at radius 2 is 1.70 bits per heavy atom. The lowest BCUT2D eigenvalue weighted by atomic mass is 9.74. The molecule has 2 rings (SSSR count). The molecule has 0 aromatic heterocycles. The number of carboxylic acid groups (broad SMARTS) is 1. The van der Waals surface area contributed by atoms with Gasteiger partial charge in [-0.25, -0.2) is 0 Å². The maximum Gasteiger partial charge on any atom is 0.311 e. The van der Waals surface area contributed by atoms with Crippen LogP contribution in [-0.2, 0) is 4.79 Å². The molecule has 0 bridgehead atoms. The SMILES string of the molecule is CNC(=O)c1cccc(C(=O)NCC2(C(=O)O)CCCCC2)c1. The smallest absolute Gasteiger partial charge is 0.311 e. The van der Waals surface area contributed by atoms with Crippen LogP contribution in [0.3, 0.4) is 0 Å². The molecule has 3 N–H and O–H groups in total. The fourth-order valence-corrected chi connectivity index (χ4v) is 2.99. The number of rotatable bonds is 5. The van der Waals surface area contributed by atoms with Crippen molar-refractivity contribution >= 4 is 17.8 Å². The molecule has 0 saturated heterocycles. The lowest BCUT2D eigenvalue weighted by Gasteiger charge is -2.33. The normalized spacial score (nSPS) is 16.4.